The van der Waals surface area contributed by atoms with Crippen molar-refractivity contribution < 1.29 is 14.3 Å². The quantitative estimate of drug-likeness (QED) is 0.568. The van der Waals surface area contributed by atoms with E-state index in [-0.39, 0.29) is 18.4 Å². The molecular formula is C8H14N2O3. The molecule has 1 heterocycles. The number of carbonyl (C=O) groups is 2. The van der Waals surface area contributed by atoms with Crippen LogP contribution < -0.4 is 5.73 Å². The number of methoxy groups -OCH3 is 1. The second-order valence-electron chi connectivity index (χ2n) is 2.97. The average molecular weight is 186 g/mol. The molecule has 1 aliphatic heterocycles. The number of nitrogens with two attached hydrogens (primary N) is 1. The van der Waals surface area contributed by atoms with Crippen LogP contribution in [-0.2, 0) is 14.3 Å². The highest BCUT2D eigenvalue weighted by Gasteiger charge is 2.33. The molecule has 0 bridgehead atoms. The lowest BCUT2D eigenvalue weighted by atomic mass is 10.2. The molecule has 5 heteroatoms. The first-order valence-corrected chi connectivity index (χ1v) is 4.28. The molecule has 0 aromatic heterocycles. The van der Waals surface area contributed by atoms with Gasteiger partial charge in [-0.3, -0.25) is 4.79 Å². The van der Waals surface area contributed by atoms with Gasteiger partial charge < -0.3 is 15.4 Å². The van der Waals surface area contributed by atoms with Crippen LogP contribution in [0.3, 0.4) is 0 Å². The van der Waals surface area contributed by atoms with Gasteiger partial charge in [0.15, 0.2) is 0 Å². The zero-order valence-electron chi connectivity index (χ0n) is 7.66. The first-order valence-electron chi connectivity index (χ1n) is 4.28. The van der Waals surface area contributed by atoms with E-state index in [9.17, 15) is 9.59 Å². The van der Waals surface area contributed by atoms with E-state index in [0.29, 0.717) is 13.0 Å². The summed E-state index contributed by atoms with van der Waals surface area (Å²) >= 11 is 0. The average Bonchev–Trinajstić information content (AvgIpc) is 2.63. The molecule has 74 valence electrons. The van der Waals surface area contributed by atoms with Gasteiger partial charge in [-0.2, -0.15) is 0 Å². The van der Waals surface area contributed by atoms with Crippen molar-refractivity contribution in [2.75, 3.05) is 20.2 Å². The molecule has 1 saturated heterocycles. The summed E-state index contributed by atoms with van der Waals surface area (Å²) in [4.78, 5) is 23.9. The standard InChI is InChI=1S/C8H14N2O3/c1-13-8(12)6-3-2-4-10(6)7(11)5-9/h6H,2-5,9H2,1H3/t6-/m1/s1. The van der Waals surface area contributed by atoms with Crippen LogP contribution in [0.5, 0.6) is 0 Å². The lowest BCUT2D eigenvalue weighted by Gasteiger charge is -2.21. The van der Waals surface area contributed by atoms with Crippen molar-refractivity contribution in [1.29, 1.82) is 0 Å². The highest BCUT2D eigenvalue weighted by atomic mass is 16.5. The fourth-order valence-corrected chi connectivity index (χ4v) is 1.56. The van der Waals surface area contributed by atoms with Crippen LogP contribution in [-0.4, -0.2) is 43.0 Å². The minimum absolute atomic E-state index is 0.0481. The Morgan fingerprint density at radius 2 is 2.31 bits per heavy atom. The lowest BCUT2D eigenvalue weighted by molar-refractivity contribution is -0.150. The highest BCUT2D eigenvalue weighted by Crippen LogP contribution is 2.17. The van der Waals surface area contributed by atoms with Crippen LogP contribution in [0.2, 0.25) is 0 Å². The smallest absolute Gasteiger partial charge is 0.328 e. The third-order valence-electron chi connectivity index (χ3n) is 2.22. The summed E-state index contributed by atoms with van der Waals surface area (Å²) in [5.41, 5.74) is 5.21. The Morgan fingerprint density at radius 3 is 2.85 bits per heavy atom. The summed E-state index contributed by atoms with van der Waals surface area (Å²) in [5, 5.41) is 0. The van der Waals surface area contributed by atoms with Crippen LogP contribution in [0.25, 0.3) is 0 Å². The van der Waals surface area contributed by atoms with Gasteiger partial charge in [-0.15, -0.1) is 0 Å². The molecule has 0 spiro atoms. The number of hydrogen-bond acceptors (Lipinski definition) is 4. The van der Waals surface area contributed by atoms with E-state index in [0.717, 1.165) is 6.42 Å². The Kier molecular flexibility index (Phi) is 3.25. The van der Waals surface area contributed by atoms with E-state index in [1.807, 2.05) is 0 Å². The zero-order valence-corrected chi connectivity index (χ0v) is 7.66. The second-order valence-corrected chi connectivity index (χ2v) is 2.97. The highest BCUT2D eigenvalue weighted by molar-refractivity contribution is 5.86. The molecular weight excluding hydrogens is 172 g/mol. The van der Waals surface area contributed by atoms with Crippen LogP contribution in [0, 0.1) is 0 Å². The Balaban J connectivity index is 2.63. The summed E-state index contributed by atoms with van der Waals surface area (Å²) in [6, 6.07) is -0.416. The van der Waals surface area contributed by atoms with Crippen LogP contribution >= 0.6 is 0 Å². The number of rotatable bonds is 2. The van der Waals surface area contributed by atoms with Crippen LogP contribution in [0.4, 0.5) is 0 Å². The molecule has 5 nitrogen and oxygen atoms in total. The number of ether oxygens (including phenoxy) is 1. The third kappa shape index (κ3) is 1.98. The van der Waals surface area contributed by atoms with Crippen molar-refractivity contribution in [3.05, 3.63) is 0 Å². The Labute approximate surface area is 76.8 Å². The lowest BCUT2D eigenvalue weighted by Crippen LogP contribution is -2.43. The first kappa shape index (κ1) is 9.98. The predicted octanol–water partition coefficient (Wildman–Crippen LogP) is -0.891. The van der Waals surface area contributed by atoms with Gasteiger partial charge in [-0.05, 0) is 12.8 Å². The number of carbonyl (C=O) groups excluding carboxylic acids is 2. The Bertz CT molecular complexity index is 195. The van der Waals surface area contributed by atoms with Gasteiger partial charge in [-0.25, -0.2) is 4.79 Å². The fraction of sp³-hybridized carbons (Fsp3) is 0.750. The topological polar surface area (TPSA) is 72.6 Å². The second kappa shape index (κ2) is 4.23. The molecule has 1 atom stereocenters. The molecule has 0 aromatic rings. The summed E-state index contributed by atoms with van der Waals surface area (Å²) in [7, 11) is 1.33. The van der Waals surface area contributed by atoms with E-state index in [4.69, 9.17) is 5.73 Å². The van der Waals surface area contributed by atoms with Gasteiger partial charge in [0.1, 0.15) is 6.04 Å². The molecule has 0 radical (unpaired) electrons. The summed E-state index contributed by atoms with van der Waals surface area (Å²) in [6.07, 6.45) is 1.52. The molecule has 0 aliphatic carbocycles. The molecule has 0 unspecified atom stereocenters. The van der Waals surface area contributed by atoms with Crippen molar-refractivity contribution in [3.8, 4) is 0 Å². The summed E-state index contributed by atoms with van der Waals surface area (Å²) in [6.45, 7) is 0.559. The fourth-order valence-electron chi connectivity index (χ4n) is 1.56. The monoisotopic (exact) mass is 186 g/mol. The third-order valence-corrected chi connectivity index (χ3v) is 2.22. The van der Waals surface area contributed by atoms with E-state index in [2.05, 4.69) is 4.74 Å². The minimum atomic E-state index is -0.416. The van der Waals surface area contributed by atoms with Gasteiger partial charge in [0, 0.05) is 6.54 Å². The molecule has 2 N–H and O–H groups in total. The number of amides is 1. The maximum absolute atomic E-state index is 11.2. The van der Waals surface area contributed by atoms with Gasteiger partial charge in [0.25, 0.3) is 0 Å². The first-order chi connectivity index (χ1) is 6.20. The van der Waals surface area contributed by atoms with Gasteiger partial charge >= 0.3 is 5.97 Å². The van der Waals surface area contributed by atoms with Gasteiger partial charge in [-0.1, -0.05) is 0 Å². The predicted molar refractivity (Wildman–Crippen MR) is 45.8 cm³/mol. The van der Waals surface area contributed by atoms with E-state index < -0.39 is 6.04 Å². The summed E-state index contributed by atoms with van der Waals surface area (Å²) in [5.74, 6) is -0.535. The molecule has 0 aromatic carbocycles. The number of nitrogens with zero attached hydrogens (tertiary/aromatic N) is 1. The molecule has 1 aliphatic rings. The van der Waals surface area contributed by atoms with Gasteiger partial charge in [0.05, 0.1) is 13.7 Å². The SMILES string of the molecule is COC(=O)[C@H]1CCCN1C(=O)CN. The van der Waals surface area contributed by atoms with Crippen molar-refractivity contribution in [3.63, 3.8) is 0 Å². The number of likely N-dealkylation sites (tertiary alicyclic amines) is 1. The molecule has 1 rings (SSSR count). The van der Waals surface area contributed by atoms with Crippen molar-refractivity contribution in [2.45, 2.75) is 18.9 Å². The van der Waals surface area contributed by atoms with Crippen molar-refractivity contribution in [1.82, 2.24) is 4.90 Å². The maximum Gasteiger partial charge on any atom is 0.328 e. The van der Waals surface area contributed by atoms with E-state index in [1.165, 1.54) is 12.0 Å². The Hall–Kier alpha value is -1.10. The number of hydrogen-bond donors (Lipinski definition) is 1. The largest absolute Gasteiger partial charge is 0.467 e. The molecule has 0 saturated carbocycles. The van der Waals surface area contributed by atoms with Crippen molar-refractivity contribution in [2.24, 2.45) is 5.73 Å². The Morgan fingerprint density at radius 1 is 1.62 bits per heavy atom. The molecule has 13 heavy (non-hydrogen) atoms. The minimum Gasteiger partial charge on any atom is -0.467 e. The van der Waals surface area contributed by atoms with Gasteiger partial charge in [0.2, 0.25) is 5.91 Å². The molecule has 1 fully saturated rings. The zero-order chi connectivity index (χ0) is 9.84. The van der Waals surface area contributed by atoms with Crippen LogP contribution in [0.15, 0.2) is 0 Å². The van der Waals surface area contributed by atoms with Crippen molar-refractivity contribution >= 4 is 11.9 Å². The normalized spacial score (nSPS) is 21.7. The maximum atomic E-state index is 11.2. The van der Waals surface area contributed by atoms with E-state index >= 15 is 0 Å². The van der Waals surface area contributed by atoms with Crippen LogP contribution in [0.1, 0.15) is 12.8 Å². The van der Waals surface area contributed by atoms with E-state index in [1.54, 1.807) is 0 Å². The number of esters is 1. The summed E-state index contributed by atoms with van der Waals surface area (Å²) < 4.78 is 4.59. The molecule has 1 amide bonds.